The molecular formula is C20H26N6S. The van der Waals surface area contributed by atoms with Gasteiger partial charge in [-0.15, -0.1) is 11.3 Å². The van der Waals surface area contributed by atoms with Gasteiger partial charge in [0.2, 0.25) is 0 Å². The number of benzene rings is 1. The molecule has 0 aliphatic heterocycles. The monoisotopic (exact) mass is 382 g/mol. The van der Waals surface area contributed by atoms with Gasteiger partial charge in [0.25, 0.3) is 0 Å². The van der Waals surface area contributed by atoms with Crippen molar-refractivity contribution in [2.45, 2.75) is 20.3 Å². The molecule has 2 aromatic heterocycles. The lowest BCUT2D eigenvalue weighted by atomic mass is 10.2. The Balaban J connectivity index is 1.44. The van der Waals surface area contributed by atoms with Crippen LogP contribution in [0.2, 0.25) is 0 Å². The predicted molar refractivity (Wildman–Crippen MR) is 115 cm³/mol. The molecule has 0 saturated heterocycles. The number of thiazole rings is 1. The molecule has 0 aliphatic carbocycles. The van der Waals surface area contributed by atoms with Crippen molar-refractivity contribution < 1.29 is 0 Å². The number of aliphatic imine (C=N–C) groups is 1. The maximum Gasteiger partial charge on any atom is 0.191 e. The van der Waals surface area contributed by atoms with Crippen molar-refractivity contribution in [1.82, 2.24) is 20.6 Å². The van der Waals surface area contributed by atoms with Crippen LogP contribution in [0, 0.1) is 6.92 Å². The number of hydrogen-bond donors (Lipinski definition) is 3. The summed E-state index contributed by atoms with van der Waals surface area (Å²) in [4.78, 5) is 14.9. The quantitative estimate of drug-likeness (QED) is 0.317. The molecule has 0 amide bonds. The number of nitrogens with zero attached hydrogens (tertiary/aromatic N) is 3. The third-order valence-corrected chi connectivity index (χ3v) is 4.90. The summed E-state index contributed by atoms with van der Waals surface area (Å²) in [5.41, 5.74) is 1.00. The van der Waals surface area contributed by atoms with Crippen molar-refractivity contribution in [2.75, 3.05) is 31.5 Å². The number of anilines is 1. The van der Waals surface area contributed by atoms with Crippen LogP contribution in [-0.2, 0) is 6.42 Å². The molecule has 0 saturated carbocycles. The highest BCUT2D eigenvalue weighted by molar-refractivity contribution is 7.11. The van der Waals surface area contributed by atoms with E-state index in [4.69, 9.17) is 0 Å². The van der Waals surface area contributed by atoms with Crippen molar-refractivity contribution >= 4 is 34.0 Å². The van der Waals surface area contributed by atoms with Gasteiger partial charge in [-0.2, -0.15) is 0 Å². The molecular weight excluding hydrogens is 356 g/mol. The van der Waals surface area contributed by atoms with Crippen LogP contribution in [0.1, 0.15) is 16.8 Å². The first-order valence-electron chi connectivity index (χ1n) is 9.28. The Morgan fingerprint density at radius 2 is 2.00 bits per heavy atom. The molecule has 3 aromatic rings. The molecule has 0 aliphatic rings. The van der Waals surface area contributed by atoms with E-state index in [9.17, 15) is 0 Å². The van der Waals surface area contributed by atoms with Crippen molar-refractivity contribution in [2.24, 2.45) is 4.99 Å². The number of guanidine groups is 1. The number of hydrogen-bond acceptors (Lipinski definition) is 5. The largest absolute Gasteiger partial charge is 0.368 e. The van der Waals surface area contributed by atoms with Crippen LogP contribution in [0.25, 0.3) is 10.9 Å². The van der Waals surface area contributed by atoms with Gasteiger partial charge in [0, 0.05) is 49.1 Å². The summed E-state index contributed by atoms with van der Waals surface area (Å²) in [6, 6.07) is 12.2. The zero-order valence-corrected chi connectivity index (χ0v) is 16.6. The second kappa shape index (κ2) is 9.87. The van der Waals surface area contributed by atoms with Gasteiger partial charge < -0.3 is 16.0 Å². The van der Waals surface area contributed by atoms with Gasteiger partial charge in [-0.25, -0.2) is 9.97 Å². The number of pyridine rings is 1. The molecule has 2 heterocycles. The lowest BCUT2D eigenvalue weighted by Crippen LogP contribution is -2.39. The van der Waals surface area contributed by atoms with Gasteiger partial charge in [-0.1, -0.05) is 18.2 Å². The molecule has 0 unspecified atom stereocenters. The second-order valence-corrected chi connectivity index (χ2v) is 7.44. The van der Waals surface area contributed by atoms with E-state index in [0.29, 0.717) is 0 Å². The fourth-order valence-electron chi connectivity index (χ4n) is 2.66. The molecule has 1 aromatic carbocycles. The minimum atomic E-state index is 0.724. The van der Waals surface area contributed by atoms with Crippen molar-refractivity contribution in [3.8, 4) is 0 Å². The third kappa shape index (κ3) is 5.92. The van der Waals surface area contributed by atoms with E-state index in [2.05, 4.69) is 56.9 Å². The molecule has 0 atom stereocenters. The molecule has 6 nitrogen and oxygen atoms in total. The average molecular weight is 383 g/mol. The van der Waals surface area contributed by atoms with E-state index in [0.717, 1.165) is 60.3 Å². The highest BCUT2D eigenvalue weighted by Gasteiger charge is 2.01. The molecule has 0 spiro atoms. The summed E-state index contributed by atoms with van der Waals surface area (Å²) in [7, 11) is 0. The summed E-state index contributed by atoms with van der Waals surface area (Å²) in [5, 5.41) is 12.3. The highest BCUT2D eigenvalue weighted by atomic mass is 32.1. The van der Waals surface area contributed by atoms with Gasteiger partial charge in [0.05, 0.1) is 10.5 Å². The van der Waals surface area contributed by atoms with E-state index in [1.54, 1.807) is 11.3 Å². The molecule has 142 valence electrons. The SMILES string of the molecule is CCNC(=NCCc1ncc(C)s1)NCCNc1ccc2ccccc2n1. The average Bonchev–Trinajstić information content (AvgIpc) is 3.10. The van der Waals surface area contributed by atoms with E-state index in [1.165, 1.54) is 4.88 Å². The zero-order chi connectivity index (χ0) is 18.9. The standard InChI is InChI=1S/C20H26N6S/c1-3-21-20(23-11-10-19-25-14-15(2)27-19)24-13-12-22-18-9-8-16-6-4-5-7-17(16)26-18/h4-9,14H,3,10-13H2,1-2H3,(H,22,26)(H2,21,23,24). The Morgan fingerprint density at radius 1 is 1.11 bits per heavy atom. The number of fused-ring (bicyclic) bond motifs is 1. The molecule has 27 heavy (non-hydrogen) atoms. The fraction of sp³-hybridized carbons (Fsp3) is 0.350. The fourth-order valence-corrected chi connectivity index (χ4v) is 3.43. The summed E-state index contributed by atoms with van der Waals surface area (Å²) >= 11 is 1.73. The topological polar surface area (TPSA) is 74.2 Å². The van der Waals surface area contributed by atoms with Crippen molar-refractivity contribution in [1.29, 1.82) is 0 Å². The minimum Gasteiger partial charge on any atom is -0.368 e. The van der Waals surface area contributed by atoms with Gasteiger partial charge in [0.1, 0.15) is 5.82 Å². The summed E-state index contributed by atoms with van der Waals surface area (Å²) in [6.45, 7) is 7.23. The first-order valence-corrected chi connectivity index (χ1v) is 10.1. The number of para-hydroxylation sites is 1. The van der Waals surface area contributed by atoms with Crippen LogP contribution < -0.4 is 16.0 Å². The third-order valence-electron chi connectivity index (χ3n) is 3.93. The molecule has 7 heteroatoms. The normalized spacial score (nSPS) is 11.6. The first-order chi connectivity index (χ1) is 13.2. The van der Waals surface area contributed by atoms with Crippen LogP contribution in [0.3, 0.4) is 0 Å². The van der Waals surface area contributed by atoms with Crippen LogP contribution in [0.5, 0.6) is 0 Å². The Labute approximate surface area is 164 Å². The molecule has 0 fully saturated rings. The molecule has 3 rings (SSSR count). The first kappa shape index (κ1) is 19.1. The highest BCUT2D eigenvalue weighted by Crippen LogP contribution is 2.14. The Kier molecular flexibility index (Phi) is 6.98. The number of aryl methyl sites for hydroxylation is 1. The van der Waals surface area contributed by atoms with Gasteiger partial charge in [0.15, 0.2) is 5.96 Å². The minimum absolute atomic E-state index is 0.724. The maximum absolute atomic E-state index is 4.62. The van der Waals surface area contributed by atoms with Crippen LogP contribution >= 0.6 is 11.3 Å². The molecule has 0 bridgehead atoms. The smallest absolute Gasteiger partial charge is 0.191 e. The Bertz CT molecular complexity index is 889. The Hall–Kier alpha value is -2.67. The predicted octanol–water partition coefficient (Wildman–Crippen LogP) is 3.21. The van der Waals surface area contributed by atoms with Crippen molar-refractivity contribution in [3.05, 3.63) is 52.5 Å². The van der Waals surface area contributed by atoms with Gasteiger partial charge in [-0.05, 0) is 32.0 Å². The van der Waals surface area contributed by atoms with E-state index in [-0.39, 0.29) is 0 Å². The molecule has 3 N–H and O–H groups in total. The summed E-state index contributed by atoms with van der Waals surface area (Å²) < 4.78 is 0. The lowest BCUT2D eigenvalue weighted by molar-refractivity contribution is 0.813. The van der Waals surface area contributed by atoms with E-state index in [1.807, 2.05) is 30.5 Å². The Morgan fingerprint density at radius 3 is 2.81 bits per heavy atom. The summed E-state index contributed by atoms with van der Waals surface area (Å²) in [5.74, 6) is 1.72. The maximum atomic E-state index is 4.62. The second-order valence-electron chi connectivity index (χ2n) is 6.12. The van der Waals surface area contributed by atoms with Crippen LogP contribution in [0.15, 0.2) is 47.6 Å². The van der Waals surface area contributed by atoms with E-state index >= 15 is 0 Å². The van der Waals surface area contributed by atoms with Crippen LogP contribution in [-0.4, -0.2) is 42.1 Å². The van der Waals surface area contributed by atoms with Crippen molar-refractivity contribution in [3.63, 3.8) is 0 Å². The van der Waals surface area contributed by atoms with E-state index < -0.39 is 0 Å². The van der Waals surface area contributed by atoms with Crippen LogP contribution in [0.4, 0.5) is 5.82 Å². The number of rotatable bonds is 8. The number of nitrogens with one attached hydrogen (secondary N) is 3. The van der Waals surface area contributed by atoms with Gasteiger partial charge in [-0.3, -0.25) is 4.99 Å². The zero-order valence-electron chi connectivity index (χ0n) is 15.8. The number of aromatic nitrogens is 2. The van der Waals surface area contributed by atoms with Gasteiger partial charge >= 0.3 is 0 Å². The lowest BCUT2D eigenvalue weighted by Gasteiger charge is -2.12. The summed E-state index contributed by atoms with van der Waals surface area (Å²) in [6.07, 6.45) is 2.79. The molecule has 0 radical (unpaired) electrons.